The summed E-state index contributed by atoms with van der Waals surface area (Å²) in [6, 6.07) is 5.81. The van der Waals surface area contributed by atoms with Crippen LogP contribution in [0.5, 0.6) is 0 Å². The molecule has 92 valence electrons. The van der Waals surface area contributed by atoms with Crippen LogP contribution in [0.2, 0.25) is 0 Å². The normalized spacial score (nSPS) is 11.9. The molecule has 1 N–H and O–H groups in total. The molecule has 0 saturated heterocycles. The number of non-ortho nitro benzene ring substituents is 1. The molecule has 17 heavy (non-hydrogen) atoms. The van der Waals surface area contributed by atoms with Gasteiger partial charge in [0.15, 0.2) is 0 Å². The van der Waals surface area contributed by atoms with Gasteiger partial charge in [-0.25, -0.2) is 0 Å². The Kier molecular flexibility index (Phi) is 4.63. The van der Waals surface area contributed by atoms with Crippen LogP contribution in [0, 0.1) is 10.1 Å². The minimum atomic E-state index is -0.508. The van der Waals surface area contributed by atoms with E-state index in [4.69, 9.17) is 0 Å². The first-order chi connectivity index (χ1) is 8.04. The van der Waals surface area contributed by atoms with E-state index < -0.39 is 4.92 Å². The zero-order valence-electron chi connectivity index (χ0n) is 9.97. The Bertz CT molecular complexity index is 418. The van der Waals surface area contributed by atoms with E-state index in [9.17, 15) is 14.9 Å². The van der Waals surface area contributed by atoms with Crippen molar-refractivity contribution in [1.29, 1.82) is 0 Å². The maximum atomic E-state index is 11.8. The molecule has 0 aliphatic carbocycles. The summed E-state index contributed by atoms with van der Waals surface area (Å²) in [5.74, 6) is -0.269. The maximum Gasteiger partial charge on any atom is 0.270 e. The van der Waals surface area contributed by atoms with Crippen molar-refractivity contribution >= 4 is 11.6 Å². The molecule has 1 rings (SSSR count). The fraction of sp³-hybridized carbons (Fsp3) is 0.417. The van der Waals surface area contributed by atoms with E-state index in [1.54, 1.807) is 6.07 Å². The lowest BCUT2D eigenvalue weighted by atomic mass is 10.1. The molecule has 5 heteroatoms. The van der Waals surface area contributed by atoms with E-state index in [-0.39, 0.29) is 17.6 Å². The first-order valence-corrected chi connectivity index (χ1v) is 5.60. The molecule has 0 aliphatic heterocycles. The van der Waals surface area contributed by atoms with Crippen LogP contribution < -0.4 is 5.32 Å². The molecule has 1 atom stereocenters. The highest BCUT2D eigenvalue weighted by molar-refractivity contribution is 5.94. The van der Waals surface area contributed by atoms with Crippen molar-refractivity contribution in [3.8, 4) is 0 Å². The van der Waals surface area contributed by atoms with Crippen molar-refractivity contribution < 1.29 is 9.72 Å². The van der Waals surface area contributed by atoms with Crippen LogP contribution >= 0.6 is 0 Å². The number of nitrogens with one attached hydrogen (secondary N) is 1. The van der Waals surface area contributed by atoms with Crippen molar-refractivity contribution in [2.24, 2.45) is 0 Å². The predicted octanol–water partition coefficient (Wildman–Crippen LogP) is 2.51. The van der Waals surface area contributed by atoms with E-state index in [0.29, 0.717) is 5.56 Å². The maximum absolute atomic E-state index is 11.8. The number of carbonyl (C=O) groups is 1. The highest BCUT2D eigenvalue weighted by Gasteiger charge is 2.12. The number of nitrogens with zero attached hydrogens (tertiary/aromatic N) is 1. The SMILES string of the molecule is CCCC(C)NC(=O)c1cccc([N+](=O)[O-])c1. The predicted molar refractivity (Wildman–Crippen MR) is 64.9 cm³/mol. The molecule has 0 bridgehead atoms. The minimum Gasteiger partial charge on any atom is -0.350 e. The topological polar surface area (TPSA) is 72.2 Å². The van der Waals surface area contributed by atoms with Crippen LogP contribution in [0.4, 0.5) is 5.69 Å². The summed E-state index contributed by atoms with van der Waals surface area (Å²) in [6.45, 7) is 3.95. The third kappa shape index (κ3) is 3.86. The second-order valence-corrected chi connectivity index (χ2v) is 3.97. The van der Waals surface area contributed by atoms with Crippen molar-refractivity contribution in [3.05, 3.63) is 39.9 Å². The number of hydrogen-bond donors (Lipinski definition) is 1. The number of carbonyl (C=O) groups excluding carboxylic acids is 1. The van der Waals surface area contributed by atoms with Gasteiger partial charge in [0.2, 0.25) is 0 Å². The minimum absolute atomic E-state index is 0.0687. The molecule has 0 saturated carbocycles. The van der Waals surface area contributed by atoms with Gasteiger partial charge in [-0.2, -0.15) is 0 Å². The average Bonchev–Trinajstić information content (AvgIpc) is 2.29. The summed E-state index contributed by atoms with van der Waals surface area (Å²) in [5.41, 5.74) is 0.253. The van der Waals surface area contributed by atoms with Crippen molar-refractivity contribution in [3.63, 3.8) is 0 Å². The van der Waals surface area contributed by atoms with Gasteiger partial charge in [-0.1, -0.05) is 19.4 Å². The van der Waals surface area contributed by atoms with Gasteiger partial charge in [0.05, 0.1) is 4.92 Å². The quantitative estimate of drug-likeness (QED) is 0.630. The number of nitro groups is 1. The summed E-state index contributed by atoms with van der Waals surface area (Å²) in [6.07, 6.45) is 1.87. The number of amides is 1. The molecule has 1 unspecified atom stereocenters. The zero-order chi connectivity index (χ0) is 12.8. The van der Waals surface area contributed by atoms with Gasteiger partial charge < -0.3 is 5.32 Å². The lowest BCUT2D eigenvalue weighted by Gasteiger charge is -2.12. The molecular formula is C12H16N2O3. The second-order valence-electron chi connectivity index (χ2n) is 3.97. The Morgan fingerprint density at radius 2 is 2.24 bits per heavy atom. The number of benzene rings is 1. The largest absolute Gasteiger partial charge is 0.350 e. The van der Waals surface area contributed by atoms with Crippen LogP contribution in [0.1, 0.15) is 37.0 Å². The second kappa shape index (κ2) is 5.98. The van der Waals surface area contributed by atoms with Gasteiger partial charge in [0.1, 0.15) is 0 Å². The Labute approximate surface area is 100.0 Å². The zero-order valence-corrected chi connectivity index (χ0v) is 9.97. The Morgan fingerprint density at radius 3 is 2.82 bits per heavy atom. The van der Waals surface area contributed by atoms with Crippen LogP contribution in [-0.4, -0.2) is 16.9 Å². The lowest BCUT2D eigenvalue weighted by Crippen LogP contribution is -2.32. The molecule has 0 radical (unpaired) electrons. The average molecular weight is 236 g/mol. The van der Waals surface area contributed by atoms with Gasteiger partial charge >= 0.3 is 0 Å². The molecule has 0 spiro atoms. The van der Waals surface area contributed by atoms with Crippen LogP contribution in [0.15, 0.2) is 24.3 Å². The van der Waals surface area contributed by atoms with Gasteiger partial charge in [0.25, 0.3) is 11.6 Å². The lowest BCUT2D eigenvalue weighted by molar-refractivity contribution is -0.384. The van der Waals surface area contributed by atoms with Gasteiger partial charge in [-0.15, -0.1) is 0 Å². The van der Waals surface area contributed by atoms with Crippen molar-refractivity contribution in [2.75, 3.05) is 0 Å². The van der Waals surface area contributed by atoms with Gasteiger partial charge in [-0.3, -0.25) is 14.9 Å². The Hall–Kier alpha value is -1.91. The van der Waals surface area contributed by atoms with E-state index in [0.717, 1.165) is 12.8 Å². The first kappa shape index (κ1) is 13.2. The highest BCUT2D eigenvalue weighted by atomic mass is 16.6. The molecule has 5 nitrogen and oxygen atoms in total. The van der Waals surface area contributed by atoms with E-state index >= 15 is 0 Å². The molecule has 0 heterocycles. The Balaban J connectivity index is 2.75. The summed E-state index contributed by atoms with van der Waals surface area (Å²) in [5, 5.41) is 13.4. The fourth-order valence-corrected chi connectivity index (χ4v) is 1.57. The van der Waals surface area contributed by atoms with Gasteiger partial charge in [-0.05, 0) is 19.4 Å². The summed E-state index contributed by atoms with van der Waals surface area (Å²) < 4.78 is 0. The van der Waals surface area contributed by atoms with Crippen LogP contribution in [0.25, 0.3) is 0 Å². The van der Waals surface area contributed by atoms with Crippen molar-refractivity contribution in [1.82, 2.24) is 5.32 Å². The Morgan fingerprint density at radius 1 is 1.53 bits per heavy atom. The summed E-state index contributed by atoms with van der Waals surface area (Å²) >= 11 is 0. The first-order valence-electron chi connectivity index (χ1n) is 5.60. The molecule has 0 aliphatic rings. The number of nitro benzene ring substituents is 1. The molecule has 0 aromatic heterocycles. The van der Waals surface area contributed by atoms with E-state index in [2.05, 4.69) is 5.32 Å². The van der Waals surface area contributed by atoms with Crippen LogP contribution in [-0.2, 0) is 0 Å². The molecule has 1 aromatic rings. The highest BCUT2D eigenvalue weighted by Crippen LogP contribution is 2.13. The molecular weight excluding hydrogens is 220 g/mol. The smallest absolute Gasteiger partial charge is 0.270 e. The standard InChI is InChI=1S/C12H16N2O3/c1-3-5-9(2)13-12(15)10-6-4-7-11(8-10)14(16)17/h4,6-9H,3,5H2,1-2H3,(H,13,15). The summed E-state index contributed by atoms with van der Waals surface area (Å²) in [7, 11) is 0. The molecule has 1 amide bonds. The monoisotopic (exact) mass is 236 g/mol. The molecule has 1 aromatic carbocycles. The molecule has 0 fully saturated rings. The van der Waals surface area contributed by atoms with E-state index in [1.165, 1.54) is 18.2 Å². The van der Waals surface area contributed by atoms with Crippen molar-refractivity contribution in [2.45, 2.75) is 32.7 Å². The number of rotatable bonds is 5. The third-order valence-corrected chi connectivity index (χ3v) is 2.42. The van der Waals surface area contributed by atoms with Crippen LogP contribution in [0.3, 0.4) is 0 Å². The van der Waals surface area contributed by atoms with E-state index in [1.807, 2.05) is 13.8 Å². The summed E-state index contributed by atoms with van der Waals surface area (Å²) in [4.78, 5) is 21.8. The third-order valence-electron chi connectivity index (χ3n) is 2.42. The number of hydrogen-bond acceptors (Lipinski definition) is 3. The van der Waals surface area contributed by atoms with Gasteiger partial charge in [0, 0.05) is 23.7 Å². The fourth-order valence-electron chi connectivity index (χ4n) is 1.57.